The van der Waals surface area contributed by atoms with Gasteiger partial charge in [0.05, 0.1) is 5.02 Å². The molecule has 0 radical (unpaired) electrons. The van der Waals surface area contributed by atoms with Gasteiger partial charge in [0, 0.05) is 43.6 Å². The Morgan fingerprint density at radius 3 is 2.96 bits per heavy atom. The van der Waals surface area contributed by atoms with Crippen LogP contribution in [0.2, 0.25) is 5.02 Å². The number of imidazole rings is 1. The molecule has 9 heteroatoms. The summed E-state index contributed by atoms with van der Waals surface area (Å²) in [6.45, 7) is 1.59. The van der Waals surface area contributed by atoms with Crippen LogP contribution in [0.4, 0.5) is 0 Å². The topological polar surface area (TPSA) is 84.4 Å². The van der Waals surface area contributed by atoms with Crippen molar-refractivity contribution in [1.82, 2.24) is 19.7 Å². The molecule has 1 aromatic carbocycles. The third-order valence-electron chi connectivity index (χ3n) is 4.68. The van der Waals surface area contributed by atoms with Crippen molar-refractivity contribution >= 4 is 11.6 Å². The molecule has 3 aromatic rings. The van der Waals surface area contributed by atoms with E-state index in [-0.39, 0.29) is 12.9 Å². The zero-order valence-corrected chi connectivity index (χ0v) is 15.2. The second-order valence-corrected chi connectivity index (χ2v) is 6.84. The lowest BCUT2D eigenvalue weighted by molar-refractivity contribution is 0.0835. The molecular weight excluding hydrogens is 372 g/mol. The molecule has 0 unspecified atom stereocenters. The minimum Gasteiger partial charge on any atom is -0.454 e. The molecular formula is C18H17ClN4O4. The van der Waals surface area contributed by atoms with Crippen LogP contribution in [-0.2, 0) is 17.7 Å². The minimum atomic E-state index is -0.0671. The summed E-state index contributed by atoms with van der Waals surface area (Å²) >= 11 is 6.42. The Balaban J connectivity index is 1.34. The van der Waals surface area contributed by atoms with Gasteiger partial charge in [-0.25, -0.2) is 4.98 Å². The van der Waals surface area contributed by atoms with E-state index >= 15 is 0 Å². The van der Waals surface area contributed by atoms with Crippen molar-refractivity contribution in [3.8, 4) is 22.9 Å². The fraction of sp³-hybridized carbons (Fsp3) is 0.389. The van der Waals surface area contributed by atoms with Gasteiger partial charge in [-0.3, -0.25) is 0 Å². The molecule has 1 saturated heterocycles. The summed E-state index contributed by atoms with van der Waals surface area (Å²) in [7, 11) is 0. The zero-order chi connectivity index (χ0) is 18.2. The van der Waals surface area contributed by atoms with Crippen molar-refractivity contribution in [3.63, 3.8) is 0 Å². The second-order valence-electron chi connectivity index (χ2n) is 6.43. The highest BCUT2D eigenvalue weighted by atomic mass is 35.5. The first-order valence-corrected chi connectivity index (χ1v) is 9.20. The SMILES string of the molecule is Clc1cc2c(cc1-c1nccn1CCc1noc([C@H]3CCCO3)n1)OCO2. The Kier molecular flexibility index (Phi) is 4.21. The minimum absolute atomic E-state index is 0.0671. The number of aryl methyl sites for hydroxylation is 2. The first-order chi connectivity index (χ1) is 13.3. The first-order valence-electron chi connectivity index (χ1n) is 8.82. The molecule has 1 atom stereocenters. The zero-order valence-electron chi connectivity index (χ0n) is 14.4. The summed E-state index contributed by atoms with van der Waals surface area (Å²) < 4.78 is 23.7. The quantitative estimate of drug-likeness (QED) is 0.662. The summed E-state index contributed by atoms with van der Waals surface area (Å²) in [6, 6.07) is 3.61. The van der Waals surface area contributed by atoms with Gasteiger partial charge in [-0.1, -0.05) is 16.8 Å². The molecule has 0 N–H and O–H groups in total. The van der Waals surface area contributed by atoms with E-state index < -0.39 is 0 Å². The third-order valence-corrected chi connectivity index (χ3v) is 5.00. The number of nitrogens with zero attached hydrogens (tertiary/aromatic N) is 4. The average Bonchev–Trinajstić information content (AvgIpc) is 3.46. The molecule has 1 fully saturated rings. The molecule has 5 rings (SSSR count). The van der Waals surface area contributed by atoms with E-state index in [0.29, 0.717) is 41.2 Å². The van der Waals surface area contributed by atoms with Crippen LogP contribution in [0.1, 0.15) is 30.7 Å². The van der Waals surface area contributed by atoms with Gasteiger partial charge in [0.25, 0.3) is 5.89 Å². The molecule has 4 heterocycles. The molecule has 0 amide bonds. The van der Waals surface area contributed by atoms with Crippen LogP contribution in [-0.4, -0.2) is 33.1 Å². The van der Waals surface area contributed by atoms with Crippen molar-refractivity contribution < 1.29 is 18.7 Å². The smallest absolute Gasteiger partial charge is 0.255 e. The molecule has 0 spiro atoms. The number of aromatic nitrogens is 4. The summed E-state index contributed by atoms with van der Waals surface area (Å²) in [6.07, 6.45) is 6.14. The second kappa shape index (κ2) is 6.86. The summed E-state index contributed by atoms with van der Waals surface area (Å²) in [5.74, 6) is 3.28. The fourth-order valence-electron chi connectivity index (χ4n) is 3.32. The molecule has 0 aliphatic carbocycles. The van der Waals surface area contributed by atoms with Crippen LogP contribution in [0.25, 0.3) is 11.4 Å². The highest BCUT2D eigenvalue weighted by molar-refractivity contribution is 6.33. The maximum atomic E-state index is 6.42. The number of ether oxygens (including phenoxy) is 3. The van der Waals surface area contributed by atoms with E-state index in [2.05, 4.69) is 15.1 Å². The van der Waals surface area contributed by atoms with Gasteiger partial charge in [-0.05, 0) is 18.9 Å². The number of hydrogen-bond acceptors (Lipinski definition) is 7. The molecule has 27 heavy (non-hydrogen) atoms. The van der Waals surface area contributed by atoms with Gasteiger partial charge in [-0.2, -0.15) is 4.98 Å². The Hall–Kier alpha value is -2.58. The lowest BCUT2D eigenvalue weighted by Gasteiger charge is -2.09. The van der Waals surface area contributed by atoms with Crippen LogP contribution < -0.4 is 9.47 Å². The summed E-state index contributed by atoms with van der Waals surface area (Å²) in [4.78, 5) is 8.91. The Bertz CT molecular complexity index is 964. The highest BCUT2D eigenvalue weighted by Crippen LogP contribution is 2.40. The van der Waals surface area contributed by atoms with Crippen molar-refractivity contribution in [2.45, 2.75) is 31.9 Å². The lowest BCUT2D eigenvalue weighted by atomic mass is 10.2. The maximum absolute atomic E-state index is 6.42. The monoisotopic (exact) mass is 388 g/mol. The predicted molar refractivity (Wildman–Crippen MR) is 94.7 cm³/mol. The van der Waals surface area contributed by atoms with Crippen molar-refractivity contribution in [1.29, 1.82) is 0 Å². The fourth-order valence-corrected chi connectivity index (χ4v) is 3.55. The molecule has 0 saturated carbocycles. The van der Waals surface area contributed by atoms with E-state index in [0.717, 1.165) is 30.8 Å². The van der Waals surface area contributed by atoms with E-state index in [4.69, 9.17) is 30.3 Å². The van der Waals surface area contributed by atoms with Crippen LogP contribution in [0.5, 0.6) is 11.5 Å². The number of fused-ring (bicyclic) bond motifs is 1. The van der Waals surface area contributed by atoms with E-state index in [1.165, 1.54) is 0 Å². The number of benzene rings is 1. The average molecular weight is 389 g/mol. The summed E-state index contributed by atoms with van der Waals surface area (Å²) in [5, 5.41) is 4.63. The van der Waals surface area contributed by atoms with Gasteiger partial charge < -0.3 is 23.3 Å². The molecule has 2 aliphatic heterocycles. The van der Waals surface area contributed by atoms with Gasteiger partial charge in [0.2, 0.25) is 6.79 Å². The molecule has 0 bridgehead atoms. The van der Waals surface area contributed by atoms with Gasteiger partial charge in [0.15, 0.2) is 17.3 Å². The van der Waals surface area contributed by atoms with E-state index in [1.807, 2.05) is 16.8 Å². The lowest BCUT2D eigenvalue weighted by Crippen LogP contribution is -2.04. The van der Waals surface area contributed by atoms with Gasteiger partial charge in [-0.15, -0.1) is 0 Å². The Morgan fingerprint density at radius 2 is 2.11 bits per heavy atom. The van der Waals surface area contributed by atoms with Gasteiger partial charge in [0.1, 0.15) is 11.9 Å². The number of rotatable bonds is 5. The van der Waals surface area contributed by atoms with Crippen LogP contribution in [0.3, 0.4) is 0 Å². The predicted octanol–water partition coefficient (Wildman–Crippen LogP) is 3.41. The molecule has 140 valence electrons. The van der Waals surface area contributed by atoms with Crippen molar-refractivity contribution in [3.05, 3.63) is 41.3 Å². The standard InChI is InChI=1S/C18H17ClN4O4/c19-12-9-15-14(25-10-26-15)8-11(12)17-20-4-6-23(17)5-3-16-21-18(27-22-16)13-2-1-7-24-13/h4,6,8-9,13H,1-3,5,7,10H2/t13-/m1/s1. The van der Waals surface area contributed by atoms with Crippen molar-refractivity contribution in [2.75, 3.05) is 13.4 Å². The molecule has 8 nitrogen and oxygen atoms in total. The Morgan fingerprint density at radius 1 is 1.22 bits per heavy atom. The van der Waals surface area contributed by atoms with Gasteiger partial charge >= 0.3 is 0 Å². The van der Waals surface area contributed by atoms with Crippen LogP contribution >= 0.6 is 11.6 Å². The summed E-state index contributed by atoms with van der Waals surface area (Å²) in [5.41, 5.74) is 0.791. The molecule has 2 aliphatic rings. The largest absolute Gasteiger partial charge is 0.454 e. The molecule has 2 aromatic heterocycles. The Labute approximate surface area is 160 Å². The van der Waals surface area contributed by atoms with Crippen LogP contribution in [0, 0.1) is 0 Å². The van der Waals surface area contributed by atoms with Crippen LogP contribution in [0.15, 0.2) is 29.0 Å². The normalized spacial score (nSPS) is 18.3. The number of hydrogen-bond donors (Lipinski definition) is 0. The van der Waals surface area contributed by atoms with E-state index in [9.17, 15) is 0 Å². The number of halogens is 1. The third kappa shape index (κ3) is 3.15. The van der Waals surface area contributed by atoms with E-state index in [1.54, 1.807) is 12.3 Å². The maximum Gasteiger partial charge on any atom is 0.255 e. The highest BCUT2D eigenvalue weighted by Gasteiger charge is 2.24. The first kappa shape index (κ1) is 16.6. The van der Waals surface area contributed by atoms with Crippen molar-refractivity contribution in [2.24, 2.45) is 0 Å².